The first-order chi connectivity index (χ1) is 19.3. The van der Waals surface area contributed by atoms with Crippen LogP contribution in [0.1, 0.15) is 105 Å². The first kappa shape index (κ1) is 26.7. The molecule has 0 aromatic heterocycles. The molecule has 40 heavy (non-hydrogen) atoms. The SMILES string of the molecule is CC[C@@]12CCCCc3ccc4c(c3)[C@H](C[C@H](C(C)C)O4)NC(=O)c3ccc4c(c3)[C@@H](CCO4)N(C(=O)C1)C(N)=N2. The zero-order chi connectivity index (χ0) is 28.0. The van der Waals surface area contributed by atoms with E-state index in [1.807, 2.05) is 12.1 Å². The molecule has 0 radical (unpaired) electrons. The van der Waals surface area contributed by atoms with Gasteiger partial charge >= 0.3 is 0 Å². The number of guanidine groups is 1. The van der Waals surface area contributed by atoms with Gasteiger partial charge in [-0.25, -0.2) is 4.99 Å². The monoisotopic (exact) mass is 544 g/mol. The quantitative estimate of drug-likeness (QED) is 0.540. The first-order valence-corrected chi connectivity index (χ1v) is 14.8. The smallest absolute Gasteiger partial charge is 0.251 e. The maximum atomic E-state index is 13.7. The van der Waals surface area contributed by atoms with Gasteiger partial charge in [0.15, 0.2) is 5.96 Å². The summed E-state index contributed by atoms with van der Waals surface area (Å²) in [6, 6.07) is 11.4. The molecule has 5 heterocycles. The number of hydrogen-bond acceptors (Lipinski definition) is 6. The number of nitrogens with one attached hydrogen (secondary N) is 1. The van der Waals surface area contributed by atoms with Gasteiger partial charge in [0, 0.05) is 29.5 Å². The molecule has 0 saturated heterocycles. The molecule has 0 spiro atoms. The number of aliphatic imine (C=N–C) groups is 1. The van der Waals surface area contributed by atoms with E-state index in [2.05, 4.69) is 44.3 Å². The van der Waals surface area contributed by atoms with Crippen molar-refractivity contribution in [1.29, 1.82) is 0 Å². The molecule has 2 aromatic carbocycles. The second-order valence-corrected chi connectivity index (χ2v) is 12.1. The normalized spacial score (nSPS) is 28.1. The average molecular weight is 545 g/mol. The van der Waals surface area contributed by atoms with Crippen LogP contribution in [0.4, 0.5) is 0 Å². The van der Waals surface area contributed by atoms with E-state index in [0.29, 0.717) is 43.1 Å². The van der Waals surface area contributed by atoms with Gasteiger partial charge < -0.3 is 20.5 Å². The molecule has 3 N–H and O–H groups in total. The van der Waals surface area contributed by atoms with Crippen LogP contribution < -0.4 is 20.5 Å². The number of amides is 2. The first-order valence-electron chi connectivity index (χ1n) is 14.8. The van der Waals surface area contributed by atoms with E-state index in [1.54, 1.807) is 11.0 Å². The fourth-order valence-electron chi connectivity index (χ4n) is 6.75. The molecular formula is C32H40N4O4. The number of nitrogens with zero attached hydrogens (tertiary/aromatic N) is 2. The molecule has 5 aliphatic heterocycles. The third-order valence-electron chi connectivity index (χ3n) is 9.20. The molecule has 5 aliphatic rings. The zero-order valence-electron chi connectivity index (χ0n) is 23.7. The van der Waals surface area contributed by atoms with E-state index < -0.39 is 5.54 Å². The minimum absolute atomic E-state index is 0.00895. The van der Waals surface area contributed by atoms with Crippen LogP contribution in [0.3, 0.4) is 0 Å². The van der Waals surface area contributed by atoms with Crippen LogP contribution in [-0.4, -0.2) is 40.9 Å². The Bertz CT molecular complexity index is 1350. The van der Waals surface area contributed by atoms with E-state index in [1.165, 1.54) is 5.56 Å². The van der Waals surface area contributed by atoms with E-state index in [0.717, 1.165) is 49.0 Å². The number of nitrogens with two attached hydrogens (primary N) is 1. The molecule has 8 heteroatoms. The maximum Gasteiger partial charge on any atom is 0.251 e. The summed E-state index contributed by atoms with van der Waals surface area (Å²) < 4.78 is 12.3. The molecule has 0 aliphatic carbocycles. The van der Waals surface area contributed by atoms with Gasteiger partial charge in [-0.1, -0.05) is 39.3 Å². The number of rotatable bonds is 2. The molecule has 2 aromatic rings. The summed E-state index contributed by atoms with van der Waals surface area (Å²) in [6.45, 7) is 6.86. The van der Waals surface area contributed by atoms with E-state index in [4.69, 9.17) is 20.2 Å². The lowest BCUT2D eigenvalue weighted by atomic mass is 9.84. The van der Waals surface area contributed by atoms with Crippen molar-refractivity contribution >= 4 is 17.8 Å². The maximum absolute atomic E-state index is 13.7. The summed E-state index contributed by atoms with van der Waals surface area (Å²) in [5, 5.41) is 3.31. The summed E-state index contributed by atoms with van der Waals surface area (Å²) >= 11 is 0. The predicted octanol–water partition coefficient (Wildman–Crippen LogP) is 5.21. The fourth-order valence-corrected chi connectivity index (χ4v) is 6.75. The Morgan fingerprint density at radius 3 is 2.73 bits per heavy atom. The summed E-state index contributed by atoms with van der Waals surface area (Å²) in [7, 11) is 0. The lowest BCUT2D eigenvalue weighted by Gasteiger charge is -2.42. The Morgan fingerprint density at radius 1 is 1.12 bits per heavy atom. The van der Waals surface area contributed by atoms with Gasteiger partial charge in [0.2, 0.25) is 5.91 Å². The fraction of sp³-hybridized carbons (Fsp3) is 0.531. The summed E-state index contributed by atoms with van der Waals surface area (Å²) in [5.41, 5.74) is 9.67. The number of ether oxygens (including phenoxy) is 2. The third kappa shape index (κ3) is 4.82. The highest BCUT2D eigenvalue weighted by molar-refractivity contribution is 6.00. The van der Waals surface area contributed by atoms with Crippen LogP contribution in [0.2, 0.25) is 0 Å². The molecule has 6 bridgehead atoms. The van der Waals surface area contributed by atoms with E-state index in [-0.39, 0.29) is 36.0 Å². The second kappa shape index (κ2) is 10.5. The van der Waals surface area contributed by atoms with Gasteiger partial charge in [0.25, 0.3) is 5.91 Å². The molecule has 212 valence electrons. The zero-order valence-corrected chi connectivity index (χ0v) is 23.7. The van der Waals surface area contributed by atoms with Gasteiger partial charge in [0.05, 0.1) is 30.7 Å². The number of hydrogen-bond donors (Lipinski definition) is 2. The van der Waals surface area contributed by atoms with Crippen LogP contribution in [0.5, 0.6) is 11.5 Å². The average Bonchev–Trinajstić information content (AvgIpc) is 2.94. The van der Waals surface area contributed by atoms with Crippen molar-refractivity contribution in [2.45, 2.75) is 95.9 Å². The minimum Gasteiger partial charge on any atom is -0.493 e. The predicted molar refractivity (Wildman–Crippen MR) is 153 cm³/mol. The Kier molecular flexibility index (Phi) is 6.97. The van der Waals surface area contributed by atoms with Gasteiger partial charge in [-0.15, -0.1) is 0 Å². The highest BCUT2D eigenvalue weighted by Crippen LogP contribution is 2.42. The van der Waals surface area contributed by atoms with E-state index in [9.17, 15) is 9.59 Å². The highest BCUT2D eigenvalue weighted by atomic mass is 16.5. The Morgan fingerprint density at radius 2 is 1.95 bits per heavy atom. The second-order valence-electron chi connectivity index (χ2n) is 12.1. The van der Waals surface area contributed by atoms with Gasteiger partial charge in [-0.2, -0.15) is 0 Å². The van der Waals surface area contributed by atoms with Gasteiger partial charge in [0.1, 0.15) is 17.6 Å². The number of fused-ring (bicyclic) bond motifs is 5. The minimum atomic E-state index is -0.473. The van der Waals surface area contributed by atoms with Gasteiger partial charge in [-0.3, -0.25) is 14.5 Å². The largest absolute Gasteiger partial charge is 0.493 e. The summed E-state index contributed by atoms with van der Waals surface area (Å²) in [6.07, 6.45) is 6.08. The number of carbonyl (C=O) groups excluding carboxylic acids is 2. The van der Waals surface area contributed by atoms with Crippen molar-refractivity contribution in [2.24, 2.45) is 16.6 Å². The molecule has 0 unspecified atom stereocenters. The molecular weight excluding hydrogens is 504 g/mol. The van der Waals surface area contributed by atoms with Crippen molar-refractivity contribution in [1.82, 2.24) is 10.2 Å². The lowest BCUT2D eigenvalue weighted by Crippen LogP contribution is -2.53. The van der Waals surface area contributed by atoms with Crippen molar-refractivity contribution < 1.29 is 19.1 Å². The van der Waals surface area contributed by atoms with Crippen LogP contribution in [-0.2, 0) is 11.2 Å². The Hall–Kier alpha value is -3.55. The molecule has 8 nitrogen and oxygen atoms in total. The number of aryl methyl sites for hydroxylation is 1. The Balaban J connectivity index is 1.43. The summed E-state index contributed by atoms with van der Waals surface area (Å²) in [5.74, 6) is 1.95. The Labute approximate surface area is 236 Å². The van der Waals surface area contributed by atoms with E-state index >= 15 is 0 Å². The molecule has 7 rings (SSSR count). The highest BCUT2D eigenvalue weighted by Gasteiger charge is 2.42. The van der Waals surface area contributed by atoms with Crippen LogP contribution >= 0.6 is 0 Å². The molecule has 0 fully saturated rings. The van der Waals surface area contributed by atoms with Crippen LogP contribution in [0.15, 0.2) is 41.4 Å². The molecule has 4 atom stereocenters. The standard InChI is InChI=1S/C32H40N4O4/c1-4-32-13-6-5-7-20-8-10-27-22(15-20)24(17-28(40-27)19(2)3)34-30(38)21-9-11-26-23(16-21)25(12-14-39-26)36(29(37)18-32)31(33)35-32/h8-11,15-16,19,24-25,28H,4-7,12-14,17-18H2,1-3H3,(H2,33,35)(H,34,38)/t24-,25+,28+,32+/m0/s1. The topological polar surface area (TPSA) is 106 Å². The van der Waals surface area contributed by atoms with Crippen LogP contribution in [0.25, 0.3) is 0 Å². The third-order valence-corrected chi connectivity index (χ3v) is 9.20. The van der Waals surface area contributed by atoms with Crippen molar-refractivity contribution in [3.05, 3.63) is 58.7 Å². The van der Waals surface area contributed by atoms with Crippen LogP contribution in [0, 0.1) is 5.92 Å². The van der Waals surface area contributed by atoms with Crippen molar-refractivity contribution in [2.75, 3.05) is 6.61 Å². The van der Waals surface area contributed by atoms with Gasteiger partial charge in [-0.05, 0) is 61.4 Å². The number of benzene rings is 2. The van der Waals surface area contributed by atoms with Crippen molar-refractivity contribution in [3.63, 3.8) is 0 Å². The number of carbonyl (C=O) groups is 2. The lowest BCUT2D eigenvalue weighted by molar-refractivity contribution is -0.132. The summed E-state index contributed by atoms with van der Waals surface area (Å²) in [4.78, 5) is 34.0. The molecule has 0 saturated carbocycles. The van der Waals surface area contributed by atoms with Crippen molar-refractivity contribution in [3.8, 4) is 11.5 Å². The molecule has 2 amide bonds.